The van der Waals surface area contributed by atoms with Gasteiger partial charge in [-0.15, -0.1) is 0 Å². The van der Waals surface area contributed by atoms with Crippen LogP contribution < -0.4 is 4.74 Å². The van der Waals surface area contributed by atoms with Crippen molar-refractivity contribution in [3.63, 3.8) is 0 Å². The maximum Gasteiger partial charge on any atom is 0.204 e. The van der Waals surface area contributed by atoms with Gasteiger partial charge in [-0.1, -0.05) is 72.3 Å². The minimum absolute atomic E-state index is 0.106. The van der Waals surface area contributed by atoms with E-state index < -0.39 is 0 Å². The summed E-state index contributed by atoms with van der Waals surface area (Å²) < 4.78 is 6.09. The van der Waals surface area contributed by atoms with Crippen molar-refractivity contribution in [2.75, 3.05) is 0 Å². The molecule has 3 nitrogen and oxygen atoms in total. The van der Waals surface area contributed by atoms with Crippen molar-refractivity contribution in [2.45, 2.75) is 6.92 Å². The molecule has 0 saturated heterocycles. The van der Waals surface area contributed by atoms with Crippen LogP contribution in [0.1, 0.15) is 27.0 Å². The Morgan fingerprint density at radius 2 is 1.61 bits per heavy atom. The number of fused-ring (bicyclic) bond motifs is 1. The van der Waals surface area contributed by atoms with Crippen molar-refractivity contribution < 1.29 is 9.53 Å². The summed E-state index contributed by atoms with van der Waals surface area (Å²) in [7, 11) is 0. The molecule has 0 aliphatic carbocycles. The standard InChI is InChI=1S/C25H17NO2/c1-17-12-13-23-21(14-17)20(15-24(28-23)18-8-4-2-5-9-18)22(16-26)25(27)19-10-6-3-7-11-19/h2-15H,1H3/b22-20-. The lowest BCUT2D eigenvalue weighted by atomic mass is 9.91. The van der Waals surface area contributed by atoms with Gasteiger partial charge in [-0.25, -0.2) is 0 Å². The third-order valence-corrected chi connectivity index (χ3v) is 4.62. The van der Waals surface area contributed by atoms with E-state index in [0.717, 1.165) is 16.7 Å². The highest BCUT2D eigenvalue weighted by molar-refractivity contribution is 6.18. The predicted molar refractivity (Wildman–Crippen MR) is 110 cm³/mol. The number of ketones is 1. The van der Waals surface area contributed by atoms with Crippen molar-refractivity contribution in [1.29, 1.82) is 5.26 Å². The van der Waals surface area contributed by atoms with E-state index in [1.807, 2.05) is 61.5 Å². The molecule has 4 rings (SSSR count). The largest absolute Gasteiger partial charge is 0.456 e. The molecular formula is C25H17NO2. The second-order valence-electron chi connectivity index (χ2n) is 6.57. The summed E-state index contributed by atoms with van der Waals surface area (Å²) >= 11 is 0. The zero-order valence-corrected chi connectivity index (χ0v) is 15.3. The Morgan fingerprint density at radius 3 is 2.29 bits per heavy atom. The second kappa shape index (κ2) is 7.38. The molecule has 3 aromatic carbocycles. The summed E-state index contributed by atoms with van der Waals surface area (Å²) in [6.45, 7) is 1.97. The highest BCUT2D eigenvalue weighted by atomic mass is 16.5. The third-order valence-electron chi connectivity index (χ3n) is 4.62. The smallest absolute Gasteiger partial charge is 0.204 e. The average molecular weight is 363 g/mol. The number of nitrogens with zero attached hydrogens (tertiary/aromatic N) is 1. The number of benzene rings is 3. The highest BCUT2D eigenvalue weighted by Crippen LogP contribution is 2.39. The van der Waals surface area contributed by atoms with Gasteiger partial charge in [0.1, 0.15) is 23.2 Å². The van der Waals surface area contributed by atoms with E-state index in [1.165, 1.54) is 0 Å². The number of carbonyl (C=O) groups excluding carboxylic acids is 1. The lowest BCUT2D eigenvalue weighted by Crippen LogP contribution is -2.09. The first kappa shape index (κ1) is 17.5. The maximum atomic E-state index is 13.1. The van der Waals surface area contributed by atoms with Gasteiger partial charge in [-0.05, 0) is 25.1 Å². The molecule has 134 valence electrons. The first-order valence-electron chi connectivity index (χ1n) is 8.97. The summed E-state index contributed by atoms with van der Waals surface area (Å²) in [6.07, 6.45) is 1.79. The Labute approximate surface area is 163 Å². The van der Waals surface area contributed by atoms with E-state index in [1.54, 1.807) is 30.3 Å². The normalized spacial score (nSPS) is 14.2. The van der Waals surface area contributed by atoms with Gasteiger partial charge in [0.2, 0.25) is 5.78 Å². The number of hydrogen-bond acceptors (Lipinski definition) is 3. The number of hydrogen-bond donors (Lipinski definition) is 0. The fourth-order valence-corrected chi connectivity index (χ4v) is 3.22. The molecule has 3 aromatic rings. The molecule has 0 atom stereocenters. The molecule has 28 heavy (non-hydrogen) atoms. The van der Waals surface area contributed by atoms with E-state index in [9.17, 15) is 10.1 Å². The van der Waals surface area contributed by atoms with Crippen LogP contribution in [0, 0.1) is 18.3 Å². The molecule has 0 bridgehead atoms. The molecule has 0 fully saturated rings. The summed E-state index contributed by atoms with van der Waals surface area (Å²) in [5.41, 5.74) is 3.84. The van der Waals surface area contributed by atoms with Crippen molar-refractivity contribution in [3.05, 3.63) is 113 Å². The molecule has 0 saturated carbocycles. The molecule has 1 aliphatic heterocycles. The molecule has 0 aromatic heterocycles. The topological polar surface area (TPSA) is 50.1 Å². The Morgan fingerprint density at radius 1 is 0.929 bits per heavy atom. The lowest BCUT2D eigenvalue weighted by Gasteiger charge is -2.22. The van der Waals surface area contributed by atoms with E-state index in [4.69, 9.17) is 4.74 Å². The number of nitriles is 1. The van der Waals surface area contributed by atoms with Crippen LogP contribution in [-0.2, 0) is 0 Å². The summed E-state index contributed by atoms with van der Waals surface area (Å²) in [5.74, 6) is 0.951. The van der Waals surface area contributed by atoms with Crippen molar-refractivity contribution >= 4 is 17.1 Å². The van der Waals surface area contributed by atoms with Gasteiger partial charge < -0.3 is 4.74 Å². The molecule has 3 heteroatoms. The number of aryl methyl sites for hydroxylation is 1. The van der Waals surface area contributed by atoms with Gasteiger partial charge in [-0.2, -0.15) is 5.26 Å². The van der Waals surface area contributed by atoms with Gasteiger partial charge in [0.25, 0.3) is 0 Å². The molecule has 0 amide bonds. The molecule has 0 unspecified atom stereocenters. The Balaban J connectivity index is 1.94. The van der Waals surface area contributed by atoms with E-state index >= 15 is 0 Å². The molecule has 0 radical (unpaired) electrons. The predicted octanol–water partition coefficient (Wildman–Crippen LogP) is 5.59. The molecule has 0 N–H and O–H groups in total. The number of carbonyl (C=O) groups is 1. The van der Waals surface area contributed by atoms with Crippen molar-refractivity contribution in [1.82, 2.24) is 0 Å². The van der Waals surface area contributed by atoms with Crippen molar-refractivity contribution in [2.24, 2.45) is 0 Å². The molecular weight excluding hydrogens is 346 g/mol. The molecule has 1 aliphatic rings. The fraction of sp³-hybridized carbons (Fsp3) is 0.0400. The Hall–Kier alpha value is -3.90. The highest BCUT2D eigenvalue weighted by Gasteiger charge is 2.24. The summed E-state index contributed by atoms with van der Waals surface area (Å²) in [6, 6.07) is 26.4. The average Bonchev–Trinajstić information content (AvgIpc) is 2.75. The zero-order valence-electron chi connectivity index (χ0n) is 15.3. The number of ether oxygens (including phenoxy) is 1. The number of rotatable bonds is 3. The van der Waals surface area contributed by atoms with E-state index in [-0.39, 0.29) is 11.4 Å². The van der Waals surface area contributed by atoms with Crippen LogP contribution in [0.15, 0.2) is 90.5 Å². The van der Waals surface area contributed by atoms with Gasteiger partial charge in [0.05, 0.1) is 0 Å². The van der Waals surface area contributed by atoms with E-state index in [0.29, 0.717) is 22.6 Å². The summed E-state index contributed by atoms with van der Waals surface area (Å²) in [5, 5.41) is 9.86. The fourth-order valence-electron chi connectivity index (χ4n) is 3.22. The number of allylic oxidation sites excluding steroid dienone is 3. The van der Waals surface area contributed by atoms with Gasteiger partial charge in [0.15, 0.2) is 0 Å². The monoisotopic (exact) mass is 363 g/mol. The van der Waals surface area contributed by atoms with E-state index in [2.05, 4.69) is 6.07 Å². The Kier molecular flexibility index (Phi) is 4.62. The maximum absolute atomic E-state index is 13.1. The third kappa shape index (κ3) is 3.24. The first-order valence-corrected chi connectivity index (χ1v) is 8.97. The summed E-state index contributed by atoms with van der Waals surface area (Å²) in [4.78, 5) is 13.1. The molecule has 0 spiro atoms. The lowest BCUT2D eigenvalue weighted by molar-refractivity contribution is 0.103. The van der Waals surface area contributed by atoms with Gasteiger partial charge >= 0.3 is 0 Å². The van der Waals surface area contributed by atoms with Crippen LogP contribution in [0.5, 0.6) is 5.75 Å². The second-order valence-corrected chi connectivity index (χ2v) is 6.57. The van der Waals surface area contributed by atoms with Gasteiger partial charge in [0, 0.05) is 22.3 Å². The van der Waals surface area contributed by atoms with Crippen LogP contribution in [0.3, 0.4) is 0 Å². The zero-order chi connectivity index (χ0) is 19.5. The SMILES string of the molecule is Cc1ccc2c(c1)/C(=C(/C#N)C(=O)c1ccccc1)C=C(c1ccccc1)O2. The quantitative estimate of drug-likeness (QED) is 0.346. The van der Waals surface area contributed by atoms with Crippen LogP contribution >= 0.6 is 0 Å². The van der Waals surface area contributed by atoms with Crippen LogP contribution in [0.25, 0.3) is 11.3 Å². The molecule has 1 heterocycles. The van der Waals surface area contributed by atoms with Crippen molar-refractivity contribution in [3.8, 4) is 11.8 Å². The number of Topliss-reactive ketones (excluding diaryl/α,β-unsaturated/α-hetero) is 1. The van der Waals surface area contributed by atoms with Crippen LogP contribution in [0.2, 0.25) is 0 Å². The Bertz CT molecular complexity index is 1150. The minimum atomic E-state index is -0.295. The first-order chi connectivity index (χ1) is 13.7. The van der Waals surface area contributed by atoms with Crippen LogP contribution in [0.4, 0.5) is 0 Å². The van der Waals surface area contributed by atoms with Gasteiger partial charge in [-0.3, -0.25) is 4.79 Å². The van der Waals surface area contributed by atoms with Crippen LogP contribution in [-0.4, -0.2) is 5.78 Å². The minimum Gasteiger partial charge on any atom is -0.456 e.